The predicted molar refractivity (Wildman–Crippen MR) is 20.9 cm³/mol. The van der Waals surface area contributed by atoms with Crippen molar-refractivity contribution in [2.75, 3.05) is 6.61 Å². The minimum atomic E-state index is -3.97. The summed E-state index contributed by atoms with van der Waals surface area (Å²) in [4.78, 5) is 0. The first-order valence-corrected chi connectivity index (χ1v) is 3.15. The van der Waals surface area contributed by atoms with Gasteiger partial charge in [-0.3, -0.25) is 0 Å². The fourth-order valence-electron chi connectivity index (χ4n) is 0.320. The van der Waals surface area contributed by atoms with E-state index < -0.39 is 23.4 Å². The number of hydrogen-bond donors (Lipinski definition) is 0. The highest BCUT2D eigenvalue weighted by Gasteiger charge is 2.29. The molecule has 1 unspecified atom stereocenters. The smallest absolute Gasteiger partial charge is 0.242 e. The Hall–Kier alpha value is -0.200. The molecule has 0 aromatic heterocycles. The maximum Gasteiger partial charge on any atom is 0.402 e. The van der Waals surface area contributed by atoms with E-state index in [1.807, 2.05) is 0 Å². The Kier molecular flexibility index (Phi) is 1.22. The van der Waals surface area contributed by atoms with Crippen LogP contribution in [-0.2, 0) is 18.8 Å². The topological polar surface area (TPSA) is 52.6 Å². The van der Waals surface area contributed by atoms with E-state index in [4.69, 9.17) is 0 Å². The van der Waals surface area contributed by atoms with Gasteiger partial charge in [-0.25, -0.2) is 12.8 Å². The maximum atomic E-state index is 11.7. The van der Waals surface area contributed by atoms with Crippen LogP contribution >= 0.6 is 0 Å². The van der Waals surface area contributed by atoms with E-state index in [1.54, 1.807) is 0 Å². The molecular weight excluding hydrogens is 139 g/mol. The molecule has 0 bridgehead atoms. The van der Waals surface area contributed by atoms with Gasteiger partial charge in [-0.05, 0) is 0 Å². The van der Waals surface area contributed by atoms with Crippen LogP contribution < -0.4 is 0 Å². The molecule has 0 radical (unpaired) electrons. The highest BCUT2D eigenvalue weighted by atomic mass is 32.3. The molecule has 0 saturated carbocycles. The van der Waals surface area contributed by atoms with Crippen LogP contribution in [0.1, 0.15) is 0 Å². The molecule has 0 aromatic rings. The molecule has 8 heavy (non-hydrogen) atoms. The lowest BCUT2D eigenvalue weighted by Gasteiger charge is -1.85. The van der Waals surface area contributed by atoms with E-state index in [0.717, 1.165) is 0 Å². The van der Waals surface area contributed by atoms with E-state index >= 15 is 0 Å². The molecule has 0 spiro atoms. The van der Waals surface area contributed by atoms with Gasteiger partial charge in [0.2, 0.25) is 6.36 Å². The zero-order valence-corrected chi connectivity index (χ0v) is 4.52. The molecule has 1 atom stereocenters. The zero-order chi connectivity index (χ0) is 6.20. The van der Waals surface area contributed by atoms with Crippen LogP contribution in [0.5, 0.6) is 0 Å². The molecule has 1 rings (SSSR count). The highest BCUT2D eigenvalue weighted by Crippen LogP contribution is 2.12. The SMILES string of the molecule is O=S1(=O)OCC(F)O1. The average Bonchev–Trinajstić information content (AvgIpc) is 1.82. The normalized spacial score (nSPS) is 35.4. The summed E-state index contributed by atoms with van der Waals surface area (Å²) in [5, 5.41) is 0. The summed E-state index contributed by atoms with van der Waals surface area (Å²) in [6, 6.07) is 0. The third-order valence-corrected chi connectivity index (χ3v) is 1.43. The van der Waals surface area contributed by atoms with Crippen LogP contribution in [0.3, 0.4) is 0 Å². The molecule has 0 N–H and O–H groups in total. The van der Waals surface area contributed by atoms with E-state index in [0.29, 0.717) is 0 Å². The zero-order valence-electron chi connectivity index (χ0n) is 3.70. The molecule has 4 nitrogen and oxygen atoms in total. The maximum absolute atomic E-state index is 11.7. The highest BCUT2D eigenvalue weighted by molar-refractivity contribution is 7.82. The van der Waals surface area contributed by atoms with Gasteiger partial charge in [-0.15, -0.1) is 0 Å². The summed E-state index contributed by atoms with van der Waals surface area (Å²) in [6.45, 7) is -0.525. The van der Waals surface area contributed by atoms with Crippen molar-refractivity contribution in [2.24, 2.45) is 0 Å². The van der Waals surface area contributed by atoms with Crippen molar-refractivity contribution in [3.8, 4) is 0 Å². The Balaban J connectivity index is 2.71. The Morgan fingerprint density at radius 3 is 2.38 bits per heavy atom. The van der Waals surface area contributed by atoms with E-state index in [-0.39, 0.29) is 0 Å². The molecule has 1 fully saturated rings. The van der Waals surface area contributed by atoms with Gasteiger partial charge in [-0.1, -0.05) is 0 Å². The summed E-state index contributed by atoms with van der Waals surface area (Å²) in [7, 11) is -3.97. The quantitative estimate of drug-likeness (QED) is 0.460. The lowest BCUT2D eigenvalue weighted by Crippen LogP contribution is -2.00. The van der Waals surface area contributed by atoms with Crippen molar-refractivity contribution >= 4 is 10.4 Å². The van der Waals surface area contributed by atoms with Crippen molar-refractivity contribution in [2.45, 2.75) is 6.36 Å². The van der Waals surface area contributed by atoms with Crippen LogP contribution in [0.25, 0.3) is 0 Å². The van der Waals surface area contributed by atoms with Crippen molar-refractivity contribution in [3.05, 3.63) is 0 Å². The Labute approximate surface area is 45.5 Å². The van der Waals surface area contributed by atoms with Crippen molar-refractivity contribution in [1.29, 1.82) is 0 Å². The van der Waals surface area contributed by atoms with E-state index in [1.165, 1.54) is 0 Å². The molecule has 0 aromatic carbocycles. The van der Waals surface area contributed by atoms with E-state index in [9.17, 15) is 12.8 Å². The number of alkyl halides is 1. The lowest BCUT2D eigenvalue weighted by molar-refractivity contribution is 0.0913. The summed E-state index contributed by atoms with van der Waals surface area (Å²) in [5.41, 5.74) is 0. The summed E-state index contributed by atoms with van der Waals surface area (Å²) < 4.78 is 39.1. The van der Waals surface area contributed by atoms with Crippen molar-refractivity contribution in [3.63, 3.8) is 0 Å². The number of hydrogen-bond acceptors (Lipinski definition) is 4. The first-order valence-electron chi connectivity index (χ1n) is 1.82. The molecule has 1 aliphatic rings. The number of halogens is 1. The van der Waals surface area contributed by atoms with Gasteiger partial charge in [0, 0.05) is 0 Å². The first kappa shape index (κ1) is 5.93. The van der Waals surface area contributed by atoms with Crippen LogP contribution in [0, 0.1) is 0 Å². The first-order chi connectivity index (χ1) is 3.60. The van der Waals surface area contributed by atoms with Crippen molar-refractivity contribution in [1.82, 2.24) is 0 Å². The molecule has 1 heterocycles. The van der Waals surface area contributed by atoms with Crippen LogP contribution in [0.2, 0.25) is 0 Å². The summed E-state index contributed by atoms with van der Waals surface area (Å²) >= 11 is 0. The molecule has 1 saturated heterocycles. The van der Waals surface area contributed by atoms with Crippen LogP contribution in [-0.4, -0.2) is 21.4 Å². The van der Waals surface area contributed by atoms with Gasteiger partial charge in [0.25, 0.3) is 0 Å². The third-order valence-electron chi connectivity index (χ3n) is 0.566. The molecule has 6 heteroatoms. The van der Waals surface area contributed by atoms with Gasteiger partial charge in [0.15, 0.2) is 0 Å². The Bertz CT molecular complexity index is 172. The monoisotopic (exact) mass is 142 g/mol. The molecular formula is C2H3FO4S. The van der Waals surface area contributed by atoms with Gasteiger partial charge in [0.1, 0.15) is 6.61 Å². The third kappa shape index (κ3) is 1.15. The van der Waals surface area contributed by atoms with Crippen molar-refractivity contribution < 1.29 is 21.2 Å². The molecule has 48 valence electrons. The van der Waals surface area contributed by atoms with Gasteiger partial charge in [0.05, 0.1) is 0 Å². The van der Waals surface area contributed by atoms with Crippen LogP contribution in [0.15, 0.2) is 0 Å². The fourth-order valence-corrected chi connectivity index (χ4v) is 0.961. The second-order valence-electron chi connectivity index (χ2n) is 1.20. The minimum absolute atomic E-state index is 0.525. The fraction of sp³-hybridized carbons (Fsp3) is 1.00. The Morgan fingerprint density at radius 2 is 2.25 bits per heavy atom. The van der Waals surface area contributed by atoms with Crippen LogP contribution in [0.4, 0.5) is 4.39 Å². The number of rotatable bonds is 0. The van der Waals surface area contributed by atoms with Gasteiger partial charge < -0.3 is 0 Å². The minimum Gasteiger partial charge on any atom is -0.242 e. The second kappa shape index (κ2) is 1.64. The standard InChI is InChI=1S/C2H3FO4S/c3-2-1-6-8(4,5)7-2/h2H,1H2. The second-order valence-corrected chi connectivity index (χ2v) is 2.44. The van der Waals surface area contributed by atoms with E-state index in [2.05, 4.69) is 8.37 Å². The summed E-state index contributed by atoms with van der Waals surface area (Å²) in [6.07, 6.45) is -1.82. The average molecular weight is 142 g/mol. The lowest BCUT2D eigenvalue weighted by atomic mass is 10.8. The molecule has 1 aliphatic heterocycles. The molecule has 0 amide bonds. The largest absolute Gasteiger partial charge is 0.402 e. The van der Waals surface area contributed by atoms with Gasteiger partial charge >= 0.3 is 10.4 Å². The molecule has 0 aliphatic carbocycles. The predicted octanol–water partition coefficient (Wildman–Crippen LogP) is -0.426. The van der Waals surface area contributed by atoms with Gasteiger partial charge in [-0.2, -0.15) is 8.42 Å². The Morgan fingerprint density at radius 1 is 1.62 bits per heavy atom. The summed E-state index contributed by atoms with van der Waals surface area (Å²) in [5.74, 6) is 0.